The van der Waals surface area contributed by atoms with Gasteiger partial charge in [0.1, 0.15) is 0 Å². The van der Waals surface area contributed by atoms with Crippen molar-refractivity contribution in [2.24, 2.45) is 0 Å². The Morgan fingerprint density at radius 3 is 1.73 bits per heavy atom. The van der Waals surface area contributed by atoms with Crippen LogP contribution in [0.15, 0.2) is 206 Å². The van der Waals surface area contributed by atoms with Gasteiger partial charge >= 0.3 is 0 Å². The Balaban J connectivity index is 0.892. The summed E-state index contributed by atoms with van der Waals surface area (Å²) in [5.74, 6) is 0. The van der Waals surface area contributed by atoms with Crippen LogP contribution in [0.5, 0.6) is 0 Å². The highest BCUT2D eigenvalue weighted by atomic mass is 15.2. The summed E-state index contributed by atoms with van der Waals surface area (Å²) < 4.78 is 0. The standard InChI is InChI=1S/C62H52N2/c1-2-17-46(18-3-1)64(60-24-14-16-45-15-4-5-19-51(45)60)48-31-27-44(28-32-48)43-25-29-47(30-26-43)63(49-34-36-58-55(41-49)53-21-7-9-23-57(53)61(58)37-10-11-38-61)50-33-35-54-52-20-6-8-22-56(52)62(59(54)42-50)39-12-13-40-62/h1-9,14-32,34-36,41-42,50H,10-13,33,37-40H2. The second-order valence-corrected chi connectivity index (χ2v) is 19.0. The normalized spacial score (nSPS) is 18.3. The molecule has 0 N–H and O–H groups in total. The Morgan fingerprint density at radius 2 is 0.984 bits per heavy atom. The molecule has 0 bridgehead atoms. The maximum atomic E-state index is 2.70. The number of anilines is 5. The molecule has 0 aromatic heterocycles. The van der Waals surface area contributed by atoms with E-state index in [0.717, 1.165) is 17.8 Å². The molecular weight excluding hydrogens is 773 g/mol. The fraction of sp³-hybridized carbons (Fsp3) is 0.194. The molecule has 0 amide bonds. The van der Waals surface area contributed by atoms with Crippen LogP contribution in [0.1, 0.15) is 80.0 Å². The first-order chi connectivity index (χ1) is 31.7. The van der Waals surface area contributed by atoms with Crippen molar-refractivity contribution in [1.82, 2.24) is 0 Å². The van der Waals surface area contributed by atoms with Crippen LogP contribution in [0.2, 0.25) is 0 Å². The van der Waals surface area contributed by atoms with Gasteiger partial charge in [-0.1, -0.05) is 171 Å². The molecule has 1 atom stereocenters. The van der Waals surface area contributed by atoms with E-state index in [9.17, 15) is 0 Å². The van der Waals surface area contributed by atoms with Crippen LogP contribution in [0.4, 0.5) is 28.4 Å². The van der Waals surface area contributed by atoms with Gasteiger partial charge in [0.2, 0.25) is 0 Å². The van der Waals surface area contributed by atoms with E-state index < -0.39 is 0 Å². The van der Waals surface area contributed by atoms with Gasteiger partial charge in [0.05, 0.1) is 11.7 Å². The fourth-order valence-electron chi connectivity index (χ4n) is 13.0. The number of nitrogens with zero attached hydrogens (tertiary/aromatic N) is 2. The summed E-state index contributed by atoms with van der Waals surface area (Å²) in [5.41, 5.74) is 20.8. The molecule has 64 heavy (non-hydrogen) atoms. The number of hydrogen-bond acceptors (Lipinski definition) is 2. The minimum absolute atomic E-state index is 0.137. The third-order valence-corrected chi connectivity index (χ3v) is 15.9. The molecule has 2 heteroatoms. The first-order valence-corrected chi connectivity index (χ1v) is 23.8. The number of benzene rings is 8. The molecule has 0 aliphatic heterocycles. The van der Waals surface area contributed by atoms with Gasteiger partial charge < -0.3 is 9.80 Å². The van der Waals surface area contributed by atoms with E-state index in [1.165, 1.54) is 113 Å². The van der Waals surface area contributed by atoms with Crippen LogP contribution < -0.4 is 9.80 Å². The predicted molar refractivity (Wildman–Crippen MR) is 268 cm³/mol. The second kappa shape index (κ2) is 14.8. The molecule has 1 unspecified atom stereocenters. The molecule has 5 aliphatic carbocycles. The zero-order chi connectivity index (χ0) is 42.2. The SMILES string of the molecule is C1=C2C(=CC(N(c3ccc(-c4ccc(N(c5ccccc5)c5cccc6ccccc56)cc4)cc3)c3ccc4c(c3)-c3ccccc3C43CCCC3)C1)C1(CCCC1)c1ccccc12. The van der Waals surface area contributed by atoms with Crippen molar-refractivity contribution in [2.45, 2.75) is 74.7 Å². The van der Waals surface area contributed by atoms with Gasteiger partial charge in [-0.2, -0.15) is 0 Å². The highest BCUT2D eigenvalue weighted by molar-refractivity contribution is 5.99. The first kappa shape index (κ1) is 37.6. The van der Waals surface area contributed by atoms with E-state index in [1.54, 1.807) is 22.3 Å². The third kappa shape index (κ3) is 5.71. The maximum absolute atomic E-state index is 2.70. The molecule has 0 heterocycles. The van der Waals surface area contributed by atoms with E-state index in [1.807, 2.05) is 0 Å². The quantitative estimate of drug-likeness (QED) is 0.158. The van der Waals surface area contributed by atoms with E-state index in [4.69, 9.17) is 0 Å². The monoisotopic (exact) mass is 824 g/mol. The molecule has 8 aromatic carbocycles. The van der Waals surface area contributed by atoms with Crippen LogP contribution in [-0.4, -0.2) is 6.04 Å². The van der Waals surface area contributed by atoms with Gasteiger partial charge in [0.15, 0.2) is 0 Å². The van der Waals surface area contributed by atoms with Crippen molar-refractivity contribution in [3.63, 3.8) is 0 Å². The van der Waals surface area contributed by atoms with Gasteiger partial charge in [0, 0.05) is 39.0 Å². The first-order valence-electron chi connectivity index (χ1n) is 23.8. The minimum atomic E-state index is 0.137. The Labute approximate surface area is 377 Å². The lowest BCUT2D eigenvalue weighted by molar-refractivity contribution is 0.543. The molecule has 0 radical (unpaired) electrons. The Morgan fingerprint density at radius 1 is 0.422 bits per heavy atom. The number of hydrogen-bond donors (Lipinski definition) is 0. The molecule has 2 nitrogen and oxygen atoms in total. The van der Waals surface area contributed by atoms with Gasteiger partial charge in [0.25, 0.3) is 0 Å². The summed E-state index contributed by atoms with van der Waals surface area (Å²) in [6.45, 7) is 0. The van der Waals surface area contributed by atoms with E-state index >= 15 is 0 Å². The Bertz CT molecular complexity index is 3140. The van der Waals surface area contributed by atoms with Crippen LogP contribution in [0, 0.1) is 0 Å². The average molecular weight is 825 g/mol. The zero-order valence-electron chi connectivity index (χ0n) is 36.4. The van der Waals surface area contributed by atoms with Crippen molar-refractivity contribution in [3.8, 4) is 22.3 Å². The average Bonchev–Trinajstić information content (AvgIpc) is 4.17. The third-order valence-electron chi connectivity index (χ3n) is 15.9. The second-order valence-electron chi connectivity index (χ2n) is 19.0. The summed E-state index contributed by atoms with van der Waals surface area (Å²) >= 11 is 0. The summed E-state index contributed by atoms with van der Waals surface area (Å²) in [4.78, 5) is 5.05. The van der Waals surface area contributed by atoms with Crippen LogP contribution in [-0.2, 0) is 10.8 Å². The largest absolute Gasteiger partial charge is 0.334 e. The van der Waals surface area contributed by atoms with Gasteiger partial charge in [-0.05, 0) is 148 Å². The molecule has 8 aromatic rings. The highest BCUT2D eigenvalue weighted by Gasteiger charge is 2.49. The summed E-state index contributed by atoms with van der Waals surface area (Å²) in [7, 11) is 0. The molecular formula is C62H52N2. The van der Waals surface area contributed by atoms with Gasteiger partial charge in [-0.3, -0.25) is 0 Å². The van der Waals surface area contributed by atoms with E-state index in [-0.39, 0.29) is 16.9 Å². The molecule has 13 rings (SSSR count). The molecule has 2 fully saturated rings. The topological polar surface area (TPSA) is 6.48 Å². The van der Waals surface area contributed by atoms with Crippen LogP contribution in [0.25, 0.3) is 38.6 Å². The van der Waals surface area contributed by atoms with Crippen LogP contribution >= 0.6 is 0 Å². The van der Waals surface area contributed by atoms with Crippen molar-refractivity contribution in [2.75, 3.05) is 9.80 Å². The van der Waals surface area contributed by atoms with Gasteiger partial charge in [-0.15, -0.1) is 0 Å². The zero-order valence-corrected chi connectivity index (χ0v) is 36.4. The summed E-state index contributed by atoms with van der Waals surface area (Å²) in [5, 5.41) is 2.47. The molecule has 310 valence electrons. The van der Waals surface area contributed by atoms with E-state index in [0.29, 0.717) is 0 Å². The van der Waals surface area contributed by atoms with E-state index in [2.05, 4.69) is 210 Å². The lowest BCUT2D eigenvalue weighted by atomic mass is 9.74. The number of para-hydroxylation sites is 1. The lowest BCUT2D eigenvalue weighted by Gasteiger charge is -2.37. The predicted octanol–water partition coefficient (Wildman–Crippen LogP) is 16.6. The Kier molecular flexibility index (Phi) is 8.73. The molecule has 0 saturated heterocycles. The molecule has 5 aliphatic rings. The van der Waals surface area contributed by atoms with Crippen molar-refractivity contribution in [3.05, 3.63) is 228 Å². The number of rotatable bonds is 7. The smallest absolute Gasteiger partial charge is 0.0563 e. The van der Waals surface area contributed by atoms with Crippen molar-refractivity contribution in [1.29, 1.82) is 0 Å². The maximum Gasteiger partial charge on any atom is 0.0563 e. The number of fused-ring (bicyclic) bond motifs is 11. The van der Waals surface area contributed by atoms with Crippen LogP contribution in [0.3, 0.4) is 0 Å². The molecule has 2 spiro atoms. The van der Waals surface area contributed by atoms with Crippen molar-refractivity contribution < 1.29 is 0 Å². The summed E-state index contributed by atoms with van der Waals surface area (Å²) in [6.07, 6.45) is 16.5. The molecule has 2 saturated carbocycles. The Hall–Kier alpha value is -6.90. The number of allylic oxidation sites excluding steroid dienone is 2. The lowest BCUT2D eigenvalue weighted by Crippen LogP contribution is -2.33. The minimum Gasteiger partial charge on any atom is -0.334 e. The highest BCUT2D eigenvalue weighted by Crippen LogP contribution is 2.60. The summed E-state index contributed by atoms with van der Waals surface area (Å²) in [6, 6.07) is 70.9. The van der Waals surface area contributed by atoms with Crippen molar-refractivity contribution >= 4 is 44.8 Å². The fourth-order valence-corrected chi connectivity index (χ4v) is 13.0. The van der Waals surface area contributed by atoms with Gasteiger partial charge in [-0.25, -0.2) is 0 Å².